The molecule has 6 aromatic rings. The molecular weight excluding hydrogens is 848 g/mol. The summed E-state index contributed by atoms with van der Waals surface area (Å²) in [7, 11) is -12.9. The number of aromatic nitrogens is 2. The van der Waals surface area contributed by atoms with E-state index in [4.69, 9.17) is 41.5 Å². The van der Waals surface area contributed by atoms with E-state index < -0.39 is 40.1 Å². The molecule has 4 aromatic carbocycles. The normalized spacial score (nSPS) is 13.9. The van der Waals surface area contributed by atoms with E-state index in [1.165, 1.54) is 30.3 Å². The topological polar surface area (TPSA) is 202 Å². The summed E-state index contributed by atoms with van der Waals surface area (Å²) in [6.45, 7) is 3.38. The predicted octanol–water partition coefficient (Wildman–Crippen LogP) is 7.45. The Morgan fingerprint density at radius 3 is 1.95 bits per heavy atom. The number of nitrogens with zero attached hydrogens (tertiary/aromatic N) is 3. The van der Waals surface area contributed by atoms with Crippen LogP contribution in [0.5, 0.6) is 5.75 Å². The van der Waals surface area contributed by atoms with Crippen molar-refractivity contribution in [2.75, 3.05) is 13.1 Å². The van der Waals surface area contributed by atoms with E-state index in [-0.39, 0.29) is 32.3 Å². The summed E-state index contributed by atoms with van der Waals surface area (Å²) in [5.74, 6) is 0.304. The van der Waals surface area contributed by atoms with Gasteiger partial charge >= 0.3 is 10.1 Å². The van der Waals surface area contributed by atoms with Crippen molar-refractivity contribution in [1.82, 2.24) is 20.0 Å². The maximum absolute atomic E-state index is 13.3. The number of fused-ring (bicyclic) bond motifs is 1. The van der Waals surface area contributed by atoms with E-state index in [1.54, 1.807) is 65.4 Å². The Kier molecular flexibility index (Phi) is 12.2. The number of hydrogen-bond donors (Lipinski definition) is 3. The van der Waals surface area contributed by atoms with Gasteiger partial charge in [0.25, 0.3) is 26.1 Å². The zero-order chi connectivity index (χ0) is 40.4. The van der Waals surface area contributed by atoms with Gasteiger partial charge < -0.3 is 4.18 Å². The van der Waals surface area contributed by atoms with Gasteiger partial charge in [0.1, 0.15) is 21.4 Å². The van der Waals surface area contributed by atoms with Gasteiger partial charge in [-0.15, -0.1) is 11.3 Å². The molecular formula is C36H32Cl2N4O10S4. The second-order valence-electron chi connectivity index (χ2n) is 12.3. The van der Waals surface area contributed by atoms with Gasteiger partial charge in [-0.3, -0.25) is 23.9 Å². The van der Waals surface area contributed by atoms with Crippen LogP contribution in [0.15, 0.2) is 110 Å². The summed E-state index contributed by atoms with van der Waals surface area (Å²) in [6, 6.07) is 22.2. The van der Waals surface area contributed by atoms with Crippen molar-refractivity contribution in [3.63, 3.8) is 0 Å². The summed E-state index contributed by atoms with van der Waals surface area (Å²) in [4.78, 5) is 17.1. The average Bonchev–Trinajstić information content (AvgIpc) is 3.81. The first-order valence-electron chi connectivity index (χ1n) is 16.6. The number of halogens is 2. The van der Waals surface area contributed by atoms with Crippen LogP contribution in [0.3, 0.4) is 0 Å². The van der Waals surface area contributed by atoms with Gasteiger partial charge in [-0.05, 0) is 85.8 Å². The standard InChI is InChI=1S/C26H24Cl2N4O4S2.C10H8O6S2/c1-17-24(26(33)30-31-13-3-2-4-14-31)29-25(21-12-7-18(27)16-22(21)28)32(17)19-8-10-20(11-9-19)36-38(34,35)23-6-5-15-37-23;11-17(12,13)9-5-1-3-7-8(9)4-2-6-10(7)18(14,15)16/h5-12,15-16H,2-4,13-14H2,1H3,(H,30,33);1-6H,(H,11,12,13)(H,14,15,16). The van der Waals surface area contributed by atoms with Gasteiger partial charge in [0.15, 0.2) is 9.90 Å². The Hall–Kier alpha value is -4.37. The van der Waals surface area contributed by atoms with Crippen molar-refractivity contribution in [2.45, 2.75) is 40.2 Å². The van der Waals surface area contributed by atoms with Gasteiger partial charge in [0.05, 0.1) is 10.7 Å². The van der Waals surface area contributed by atoms with E-state index in [1.807, 2.05) is 5.01 Å². The van der Waals surface area contributed by atoms with Crippen molar-refractivity contribution < 1.29 is 43.3 Å². The molecule has 0 unspecified atom stereocenters. The number of carbonyl (C=O) groups excluding carboxylic acids is 1. The molecule has 3 N–H and O–H groups in total. The van der Waals surface area contributed by atoms with Crippen molar-refractivity contribution >= 4 is 81.6 Å². The van der Waals surface area contributed by atoms with Crippen LogP contribution in [-0.2, 0) is 30.4 Å². The van der Waals surface area contributed by atoms with Crippen molar-refractivity contribution in [2.24, 2.45) is 0 Å². The van der Waals surface area contributed by atoms with Crippen molar-refractivity contribution in [3.05, 3.63) is 118 Å². The number of amides is 1. The minimum absolute atomic E-state index is 0.0233. The van der Waals surface area contributed by atoms with Gasteiger partial charge in [0.2, 0.25) is 0 Å². The predicted molar refractivity (Wildman–Crippen MR) is 212 cm³/mol. The fourth-order valence-corrected chi connectivity index (χ4v) is 9.80. The zero-order valence-corrected chi connectivity index (χ0v) is 33.9. The van der Waals surface area contributed by atoms with Crippen LogP contribution in [0.1, 0.15) is 35.4 Å². The lowest BCUT2D eigenvalue weighted by molar-refractivity contribution is 0.0744. The molecule has 20 heteroatoms. The van der Waals surface area contributed by atoms with Gasteiger partial charge in [-0.1, -0.05) is 60.0 Å². The maximum Gasteiger partial charge on any atom is 0.348 e. The molecule has 1 aliphatic rings. The minimum atomic E-state index is -4.47. The number of thiophene rings is 1. The molecule has 294 valence electrons. The highest BCUT2D eigenvalue weighted by Gasteiger charge is 2.26. The number of imidazole rings is 1. The average molecular weight is 880 g/mol. The third-order valence-corrected chi connectivity index (χ3v) is 13.5. The smallest absolute Gasteiger partial charge is 0.348 e. The molecule has 1 fully saturated rings. The molecule has 0 saturated carbocycles. The number of nitrogens with one attached hydrogen (secondary N) is 1. The highest BCUT2D eigenvalue weighted by atomic mass is 35.5. The molecule has 0 bridgehead atoms. The molecule has 7 rings (SSSR count). The second kappa shape index (κ2) is 16.6. The fraction of sp³-hybridized carbons (Fsp3) is 0.167. The number of carbonyl (C=O) groups is 1. The van der Waals surface area contributed by atoms with E-state index in [9.17, 15) is 30.0 Å². The molecule has 1 aliphatic heterocycles. The minimum Gasteiger partial charge on any atom is -0.378 e. The first kappa shape index (κ1) is 41.3. The first-order valence-corrected chi connectivity index (χ1v) is 22.5. The maximum atomic E-state index is 13.3. The molecule has 14 nitrogen and oxygen atoms in total. The lowest BCUT2D eigenvalue weighted by Crippen LogP contribution is -2.45. The highest BCUT2D eigenvalue weighted by Crippen LogP contribution is 2.34. The number of hydrogen-bond acceptors (Lipinski definition) is 11. The van der Waals surface area contributed by atoms with Crippen LogP contribution in [0.2, 0.25) is 10.0 Å². The second-order valence-corrected chi connectivity index (χ2v) is 18.7. The van der Waals surface area contributed by atoms with Crippen LogP contribution in [0.25, 0.3) is 27.8 Å². The molecule has 0 radical (unpaired) electrons. The molecule has 56 heavy (non-hydrogen) atoms. The molecule has 0 spiro atoms. The monoisotopic (exact) mass is 878 g/mol. The molecule has 1 saturated heterocycles. The first-order chi connectivity index (χ1) is 26.4. The van der Waals surface area contributed by atoms with Crippen LogP contribution < -0.4 is 9.61 Å². The van der Waals surface area contributed by atoms with E-state index in [2.05, 4.69) is 5.43 Å². The Morgan fingerprint density at radius 1 is 0.804 bits per heavy atom. The lowest BCUT2D eigenvalue weighted by Gasteiger charge is -2.26. The number of benzene rings is 4. The van der Waals surface area contributed by atoms with Crippen LogP contribution >= 0.6 is 34.5 Å². The van der Waals surface area contributed by atoms with Crippen LogP contribution in [0.4, 0.5) is 0 Å². The summed E-state index contributed by atoms with van der Waals surface area (Å²) < 4.78 is 94.9. The summed E-state index contributed by atoms with van der Waals surface area (Å²) >= 11 is 13.7. The highest BCUT2D eigenvalue weighted by molar-refractivity contribution is 7.89. The van der Waals surface area contributed by atoms with Crippen molar-refractivity contribution in [3.8, 4) is 22.8 Å². The molecule has 0 atom stereocenters. The fourth-order valence-electron chi connectivity index (χ4n) is 6.01. The third-order valence-electron chi connectivity index (χ3n) is 8.55. The Balaban J connectivity index is 0.000000247. The number of rotatable bonds is 9. The quantitative estimate of drug-likeness (QED) is 0.0958. The molecule has 2 aromatic heterocycles. The Bertz CT molecular complexity index is 2680. The van der Waals surface area contributed by atoms with E-state index in [0.717, 1.165) is 55.8 Å². The molecule has 3 heterocycles. The van der Waals surface area contributed by atoms with E-state index >= 15 is 0 Å². The molecule has 0 aliphatic carbocycles. The van der Waals surface area contributed by atoms with Crippen molar-refractivity contribution in [1.29, 1.82) is 0 Å². The summed E-state index contributed by atoms with van der Waals surface area (Å²) in [6.07, 6.45) is 3.19. The SMILES string of the molecule is Cc1c(C(=O)NN2CCCCC2)nc(-c2ccc(Cl)cc2Cl)n1-c1ccc(OS(=O)(=O)c2cccs2)cc1.O=S(=O)(O)c1cccc2c(S(=O)(=O)O)cccc12. The van der Waals surface area contributed by atoms with Crippen LogP contribution in [-0.4, -0.2) is 67.9 Å². The van der Waals surface area contributed by atoms with Gasteiger partial charge in [-0.2, -0.15) is 25.3 Å². The number of hydrazine groups is 1. The molecule has 1 amide bonds. The third kappa shape index (κ3) is 9.25. The summed E-state index contributed by atoms with van der Waals surface area (Å²) in [5.41, 5.74) is 5.07. The largest absolute Gasteiger partial charge is 0.378 e. The Labute approximate surface area is 336 Å². The lowest BCUT2D eigenvalue weighted by atomic mass is 10.1. The zero-order valence-electron chi connectivity index (χ0n) is 29.2. The van der Waals surface area contributed by atoms with Crippen LogP contribution in [0, 0.1) is 6.92 Å². The van der Waals surface area contributed by atoms with Gasteiger partial charge in [0, 0.05) is 40.1 Å². The van der Waals surface area contributed by atoms with E-state index in [0.29, 0.717) is 32.8 Å². The number of piperidine rings is 1. The van der Waals surface area contributed by atoms with Gasteiger partial charge in [-0.25, -0.2) is 9.99 Å². The summed E-state index contributed by atoms with van der Waals surface area (Å²) in [5, 5.41) is 4.49. The Morgan fingerprint density at radius 2 is 1.41 bits per heavy atom.